The summed E-state index contributed by atoms with van der Waals surface area (Å²) in [6.45, 7) is 8.28. The average Bonchev–Trinajstić information content (AvgIpc) is 3.14. The van der Waals surface area contributed by atoms with Gasteiger partial charge in [0.15, 0.2) is 0 Å². The number of nitrogens with one attached hydrogen (secondary N) is 1. The van der Waals surface area contributed by atoms with Crippen molar-refractivity contribution >= 4 is 11.6 Å². The first-order valence-electron chi connectivity index (χ1n) is 11.2. The van der Waals surface area contributed by atoms with Gasteiger partial charge in [0.1, 0.15) is 5.69 Å². The van der Waals surface area contributed by atoms with Gasteiger partial charge < -0.3 is 4.74 Å². The molecular formula is C24H28N7O2+. The highest BCUT2D eigenvalue weighted by atomic mass is 16.5. The third kappa shape index (κ3) is 4.12. The minimum atomic E-state index is -0.254. The van der Waals surface area contributed by atoms with Gasteiger partial charge in [0.25, 0.3) is 0 Å². The van der Waals surface area contributed by atoms with Gasteiger partial charge in [-0.3, -0.25) is 15.6 Å². The largest absolute Gasteiger partial charge is 0.411 e. The number of morpholine rings is 1. The molecule has 4 heterocycles. The number of aryl methyl sites for hydroxylation is 2. The summed E-state index contributed by atoms with van der Waals surface area (Å²) in [7, 11) is 0. The topological polar surface area (TPSA) is 105 Å². The molecule has 3 aromatic heterocycles. The van der Waals surface area contributed by atoms with Crippen molar-refractivity contribution in [2.24, 2.45) is 0 Å². The number of fused-ring (bicyclic) bond motifs is 1. The van der Waals surface area contributed by atoms with Gasteiger partial charge in [-0.25, -0.2) is 9.78 Å². The van der Waals surface area contributed by atoms with Crippen LogP contribution in [0.3, 0.4) is 0 Å². The lowest BCUT2D eigenvalue weighted by atomic mass is 9.99. The van der Waals surface area contributed by atoms with Crippen LogP contribution in [-0.2, 0) is 11.3 Å². The molecule has 1 fully saturated rings. The van der Waals surface area contributed by atoms with Crippen LogP contribution in [0.25, 0.3) is 28.0 Å². The number of pyridine rings is 1. The van der Waals surface area contributed by atoms with E-state index < -0.39 is 0 Å². The second-order valence-corrected chi connectivity index (χ2v) is 8.38. The summed E-state index contributed by atoms with van der Waals surface area (Å²) in [6, 6.07) is 14.0. The quantitative estimate of drug-likeness (QED) is 0.499. The van der Waals surface area contributed by atoms with Crippen LogP contribution in [0.15, 0.2) is 47.3 Å². The van der Waals surface area contributed by atoms with E-state index in [0.717, 1.165) is 53.4 Å². The number of nitrogens with two attached hydrogens (primary N) is 1. The van der Waals surface area contributed by atoms with Crippen LogP contribution >= 0.6 is 0 Å². The van der Waals surface area contributed by atoms with Crippen molar-refractivity contribution < 1.29 is 9.72 Å². The number of aromatic amines is 1. The molecule has 9 heteroatoms. The Morgan fingerprint density at radius 3 is 2.42 bits per heavy atom. The van der Waals surface area contributed by atoms with Crippen LogP contribution in [0, 0.1) is 13.8 Å². The van der Waals surface area contributed by atoms with Gasteiger partial charge in [-0.1, -0.05) is 30.3 Å². The fourth-order valence-corrected chi connectivity index (χ4v) is 4.43. The van der Waals surface area contributed by atoms with E-state index in [4.69, 9.17) is 15.6 Å². The molecule has 0 atom stereocenters. The van der Waals surface area contributed by atoms with Crippen molar-refractivity contribution in [1.82, 2.24) is 24.1 Å². The number of hydrogen-bond donors (Lipinski definition) is 1. The predicted molar refractivity (Wildman–Crippen MR) is 126 cm³/mol. The second kappa shape index (κ2) is 8.76. The predicted octanol–water partition coefficient (Wildman–Crippen LogP) is 1.57. The summed E-state index contributed by atoms with van der Waals surface area (Å²) in [6.07, 6.45) is 0. The molecule has 9 nitrogen and oxygen atoms in total. The molecule has 170 valence electrons. The van der Waals surface area contributed by atoms with Gasteiger partial charge >= 0.3 is 11.6 Å². The molecule has 0 amide bonds. The zero-order valence-electron chi connectivity index (χ0n) is 18.9. The number of benzene rings is 1. The molecule has 0 bridgehead atoms. The van der Waals surface area contributed by atoms with Crippen molar-refractivity contribution in [2.75, 3.05) is 38.6 Å². The maximum Gasteiger partial charge on any atom is 0.411 e. The minimum Gasteiger partial charge on any atom is -0.379 e. The average molecular weight is 447 g/mol. The third-order valence-electron chi connectivity index (χ3n) is 5.97. The lowest BCUT2D eigenvalue weighted by Crippen LogP contribution is -2.39. The van der Waals surface area contributed by atoms with Crippen LogP contribution in [0.5, 0.6) is 0 Å². The molecule has 0 aliphatic carbocycles. The Hall–Kier alpha value is -3.56. The number of nitrogens with zero attached hydrogens (tertiary/aromatic N) is 5. The summed E-state index contributed by atoms with van der Waals surface area (Å²) in [4.78, 5) is 23.4. The molecule has 0 spiro atoms. The Morgan fingerprint density at radius 2 is 1.73 bits per heavy atom. The monoisotopic (exact) mass is 446 g/mol. The molecule has 1 saturated heterocycles. The number of H-pyrrole nitrogens is 1. The number of hydrogen-bond acceptors (Lipinski definition) is 6. The zero-order valence-corrected chi connectivity index (χ0v) is 18.9. The summed E-state index contributed by atoms with van der Waals surface area (Å²) < 4.78 is 8.40. The van der Waals surface area contributed by atoms with Gasteiger partial charge in [0.2, 0.25) is 5.65 Å². The summed E-state index contributed by atoms with van der Waals surface area (Å²) in [5.41, 5.74) is 12.0. The number of rotatable bonds is 5. The van der Waals surface area contributed by atoms with Gasteiger partial charge in [-0.05, 0) is 31.5 Å². The van der Waals surface area contributed by atoms with E-state index in [0.29, 0.717) is 25.4 Å². The lowest BCUT2D eigenvalue weighted by Gasteiger charge is -2.25. The molecule has 1 aliphatic rings. The van der Waals surface area contributed by atoms with Crippen LogP contribution < -0.4 is 16.4 Å². The number of anilines is 1. The fourth-order valence-electron chi connectivity index (χ4n) is 4.43. The Kier molecular flexibility index (Phi) is 5.65. The first-order chi connectivity index (χ1) is 16.0. The first kappa shape index (κ1) is 21.3. The van der Waals surface area contributed by atoms with Crippen LogP contribution in [0.1, 0.15) is 11.4 Å². The first-order valence-corrected chi connectivity index (χ1v) is 11.2. The molecule has 1 aliphatic heterocycles. The SMILES string of the molecule is Cc1cc(-c2c(-c3ccccc3)[nH+]c(N)n3c(=O)n(CCN4CCOCC4)nc23)cc(C)n1. The maximum absolute atomic E-state index is 13.3. The highest BCUT2D eigenvalue weighted by Crippen LogP contribution is 2.32. The smallest absolute Gasteiger partial charge is 0.379 e. The minimum absolute atomic E-state index is 0.248. The van der Waals surface area contributed by atoms with Gasteiger partial charge in [0, 0.05) is 36.6 Å². The van der Waals surface area contributed by atoms with E-state index in [1.54, 1.807) is 0 Å². The standard InChI is InChI=1S/C24H27N7O2/c1-16-14-19(15-17(2)26-16)20-21(18-6-4-3-5-7-18)27-23(25)31-22(20)28-30(24(31)32)9-8-29-10-12-33-13-11-29/h3-7,14-15H,8-13H2,1-2H3,(H2,25,27)/p+1. The second-order valence-electron chi connectivity index (χ2n) is 8.38. The van der Waals surface area contributed by atoms with E-state index in [1.807, 2.05) is 56.3 Å². The molecule has 4 aromatic rings. The Balaban J connectivity index is 1.70. The van der Waals surface area contributed by atoms with Crippen molar-refractivity contribution in [2.45, 2.75) is 20.4 Å². The number of aromatic nitrogens is 5. The fraction of sp³-hybridized carbons (Fsp3) is 0.333. The van der Waals surface area contributed by atoms with Crippen LogP contribution in [-0.4, -0.2) is 56.9 Å². The molecule has 3 N–H and O–H groups in total. The molecular weight excluding hydrogens is 418 g/mol. The number of ether oxygens (including phenoxy) is 1. The highest BCUT2D eigenvalue weighted by Gasteiger charge is 2.26. The summed E-state index contributed by atoms with van der Waals surface area (Å²) >= 11 is 0. The van der Waals surface area contributed by atoms with E-state index in [1.165, 1.54) is 9.08 Å². The zero-order chi connectivity index (χ0) is 22.9. The van der Waals surface area contributed by atoms with Gasteiger partial charge in [-0.2, -0.15) is 4.68 Å². The van der Waals surface area contributed by atoms with E-state index >= 15 is 0 Å². The van der Waals surface area contributed by atoms with Crippen LogP contribution in [0.4, 0.5) is 5.95 Å². The highest BCUT2D eigenvalue weighted by molar-refractivity contribution is 5.88. The van der Waals surface area contributed by atoms with Crippen LogP contribution in [0.2, 0.25) is 0 Å². The summed E-state index contributed by atoms with van der Waals surface area (Å²) in [5, 5.41) is 4.77. The van der Waals surface area contributed by atoms with Gasteiger partial charge in [-0.15, -0.1) is 9.50 Å². The van der Waals surface area contributed by atoms with E-state index in [-0.39, 0.29) is 11.6 Å². The Labute approximate surface area is 191 Å². The van der Waals surface area contributed by atoms with Gasteiger partial charge in [0.05, 0.1) is 25.3 Å². The number of nitrogen functional groups attached to an aromatic ring is 1. The van der Waals surface area contributed by atoms with E-state index in [9.17, 15) is 4.79 Å². The normalized spacial score (nSPS) is 14.7. The van der Waals surface area contributed by atoms with Crippen molar-refractivity contribution in [1.29, 1.82) is 0 Å². The molecule has 33 heavy (non-hydrogen) atoms. The Morgan fingerprint density at radius 1 is 1.03 bits per heavy atom. The van der Waals surface area contributed by atoms with Crippen molar-refractivity contribution in [3.8, 4) is 22.4 Å². The lowest BCUT2D eigenvalue weighted by molar-refractivity contribution is -0.351. The maximum atomic E-state index is 13.3. The molecule has 0 saturated carbocycles. The van der Waals surface area contributed by atoms with Crippen molar-refractivity contribution in [3.63, 3.8) is 0 Å². The molecule has 0 radical (unpaired) electrons. The van der Waals surface area contributed by atoms with Crippen molar-refractivity contribution in [3.05, 3.63) is 64.3 Å². The molecule has 5 rings (SSSR count). The Bertz CT molecular complexity index is 1330. The molecule has 0 unspecified atom stereocenters. The van der Waals surface area contributed by atoms with E-state index in [2.05, 4.69) is 14.9 Å². The molecule has 1 aromatic carbocycles. The summed E-state index contributed by atoms with van der Waals surface area (Å²) in [5.74, 6) is 0.248. The third-order valence-corrected chi connectivity index (χ3v) is 5.97.